The molecule has 0 bridgehead atoms. The van der Waals surface area contributed by atoms with Gasteiger partial charge in [0, 0.05) is 13.0 Å². The van der Waals surface area contributed by atoms with Gasteiger partial charge < -0.3 is 20.5 Å². The summed E-state index contributed by atoms with van der Waals surface area (Å²) in [5.41, 5.74) is 4.61. The lowest BCUT2D eigenvalue weighted by molar-refractivity contribution is -0.150. The predicted molar refractivity (Wildman–Crippen MR) is 79.4 cm³/mol. The number of phenols is 1. The second-order valence-electron chi connectivity index (χ2n) is 5.86. The highest BCUT2D eigenvalue weighted by Crippen LogP contribution is 2.38. The molecule has 0 saturated carbocycles. The van der Waals surface area contributed by atoms with E-state index in [1.807, 2.05) is 0 Å². The normalized spacial score (nSPS) is 26.3. The van der Waals surface area contributed by atoms with E-state index in [1.54, 1.807) is 24.3 Å². The largest absolute Gasteiger partial charge is 0.508 e. The van der Waals surface area contributed by atoms with Gasteiger partial charge in [0.05, 0.1) is 6.10 Å². The van der Waals surface area contributed by atoms with E-state index in [2.05, 4.69) is 0 Å². The molecule has 2 saturated heterocycles. The third-order valence-corrected chi connectivity index (χ3v) is 4.56. The van der Waals surface area contributed by atoms with Crippen molar-refractivity contribution in [2.24, 2.45) is 5.73 Å². The number of hydrogen-bond donors (Lipinski definition) is 2. The number of fused-ring (bicyclic) bond motifs is 1. The third-order valence-electron chi connectivity index (χ3n) is 4.56. The van der Waals surface area contributed by atoms with Gasteiger partial charge in [-0.3, -0.25) is 14.4 Å². The van der Waals surface area contributed by atoms with Crippen molar-refractivity contribution in [3.05, 3.63) is 29.8 Å². The summed E-state index contributed by atoms with van der Waals surface area (Å²) >= 11 is 0. The number of ketones is 1. The lowest BCUT2D eigenvalue weighted by Crippen LogP contribution is -2.63. The molecule has 0 radical (unpaired) electrons. The van der Waals surface area contributed by atoms with Gasteiger partial charge in [-0.15, -0.1) is 0 Å². The molecule has 2 heterocycles. The Hall–Kier alpha value is -2.41. The highest BCUT2D eigenvalue weighted by Gasteiger charge is 2.64. The average molecular weight is 318 g/mol. The van der Waals surface area contributed by atoms with Crippen LogP contribution in [0, 0.1) is 0 Å². The van der Waals surface area contributed by atoms with E-state index in [4.69, 9.17) is 10.5 Å². The summed E-state index contributed by atoms with van der Waals surface area (Å²) in [6.07, 6.45) is 0.306. The summed E-state index contributed by atoms with van der Waals surface area (Å²) < 4.78 is 5.34. The third kappa shape index (κ3) is 2.37. The van der Waals surface area contributed by atoms with Gasteiger partial charge in [0.25, 0.3) is 5.91 Å². The smallest absolute Gasteiger partial charge is 0.254 e. The molecular weight excluding hydrogens is 300 g/mol. The number of hydrogen-bond acceptors (Lipinski definition) is 5. The van der Waals surface area contributed by atoms with Gasteiger partial charge in [-0.1, -0.05) is 12.1 Å². The van der Waals surface area contributed by atoms with Gasteiger partial charge in [-0.25, -0.2) is 0 Å². The van der Waals surface area contributed by atoms with Crippen LogP contribution in [0.15, 0.2) is 24.3 Å². The van der Waals surface area contributed by atoms with Crippen LogP contribution in [0.25, 0.3) is 0 Å². The molecule has 3 N–H and O–H groups in total. The quantitative estimate of drug-likeness (QED) is 0.744. The van der Waals surface area contributed by atoms with Crippen molar-refractivity contribution in [3.8, 4) is 5.75 Å². The molecule has 2 atom stereocenters. The molecule has 3 rings (SSSR count). The number of phenolic OH excluding ortho intramolecular Hbond substituents is 1. The first-order valence-corrected chi connectivity index (χ1v) is 7.49. The number of primary amides is 1. The Kier molecular flexibility index (Phi) is 3.81. The number of likely N-dealkylation sites (tertiary alicyclic amines) is 1. The standard InChI is InChI=1S/C16H18N2O5/c17-15(22)16-12(20)9-23-13(16)6-7-18(16)14(21)5-4-10-2-1-3-11(19)8-10/h1-3,8,13,19H,4-7,9H2,(H2,17,22). The van der Waals surface area contributed by atoms with Gasteiger partial charge in [0.2, 0.25) is 11.4 Å². The van der Waals surface area contributed by atoms with E-state index in [-0.39, 0.29) is 31.2 Å². The number of carbonyl (C=O) groups excluding carboxylic acids is 3. The van der Waals surface area contributed by atoms with E-state index in [0.717, 1.165) is 5.56 Å². The number of nitrogens with two attached hydrogens (primary N) is 1. The van der Waals surface area contributed by atoms with Crippen LogP contribution >= 0.6 is 0 Å². The van der Waals surface area contributed by atoms with Crippen molar-refractivity contribution in [1.29, 1.82) is 0 Å². The molecule has 2 unspecified atom stereocenters. The van der Waals surface area contributed by atoms with Crippen molar-refractivity contribution in [2.75, 3.05) is 13.2 Å². The SMILES string of the molecule is NC(=O)C12C(=O)COC1CCN2C(=O)CCc1cccc(O)c1. The zero-order valence-electron chi connectivity index (χ0n) is 12.5. The fraction of sp³-hybridized carbons (Fsp3) is 0.438. The second kappa shape index (κ2) is 5.66. The topological polar surface area (TPSA) is 110 Å². The number of amides is 2. The Balaban J connectivity index is 1.76. The van der Waals surface area contributed by atoms with Crippen molar-refractivity contribution in [1.82, 2.24) is 4.90 Å². The van der Waals surface area contributed by atoms with Crippen LogP contribution in [-0.4, -0.2) is 52.4 Å². The highest BCUT2D eigenvalue weighted by molar-refractivity contribution is 6.15. The molecule has 2 aliphatic heterocycles. The second-order valence-corrected chi connectivity index (χ2v) is 5.86. The molecule has 2 amide bonds. The minimum Gasteiger partial charge on any atom is -0.508 e. The first-order chi connectivity index (χ1) is 11.0. The molecule has 2 fully saturated rings. The van der Waals surface area contributed by atoms with Crippen molar-refractivity contribution in [2.45, 2.75) is 30.9 Å². The van der Waals surface area contributed by atoms with Crippen LogP contribution in [0.3, 0.4) is 0 Å². The van der Waals surface area contributed by atoms with E-state index < -0.39 is 23.3 Å². The van der Waals surface area contributed by atoms with Crippen molar-refractivity contribution >= 4 is 17.6 Å². The zero-order valence-corrected chi connectivity index (χ0v) is 12.5. The van der Waals surface area contributed by atoms with Gasteiger partial charge >= 0.3 is 0 Å². The molecule has 1 aromatic carbocycles. The summed E-state index contributed by atoms with van der Waals surface area (Å²) in [6, 6.07) is 6.62. The molecule has 0 aliphatic carbocycles. The Labute approximate surface area is 133 Å². The minimum absolute atomic E-state index is 0.123. The monoisotopic (exact) mass is 318 g/mol. The van der Waals surface area contributed by atoms with Crippen LogP contribution in [0.4, 0.5) is 0 Å². The molecule has 0 aromatic heterocycles. The van der Waals surface area contributed by atoms with Crippen LogP contribution in [0.5, 0.6) is 5.75 Å². The number of benzene rings is 1. The van der Waals surface area contributed by atoms with Gasteiger partial charge in [-0.2, -0.15) is 0 Å². The maximum atomic E-state index is 12.5. The van der Waals surface area contributed by atoms with E-state index in [0.29, 0.717) is 12.8 Å². The number of ether oxygens (including phenoxy) is 1. The Morgan fingerprint density at radius 3 is 2.91 bits per heavy atom. The first-order valence-electron chi connectivity index (χ1n) is 7.49. The summed E-state index contributed by atoms with van der Waals surface area (Å²) in [7, 11) is 0. The van der Waals surface area contributed by atoms with E-state index in [9.17, 15) is 19.5 Å². The number of aryl methyl sites for hydroxylation is 1. The fourth-order valence-electron chi connectivity index (χ4n) is 3.47. The first kappa shape index (κ1) is 15.5. The summed E-state index contributed by atoms with van der Waals surface area (Å²) in [5, 5.41) is 9.44. The van der Waals surface area contributed by atoms with Crippen LogP contribution in [-0.2, 0) is 25.5 Å². The van der Waals surface area contributed by atoms with Crippen LogP contribution in [0.2, 0.25) is 0 Å². The Morgan fingerprint density at radius 1 is 1.43 bits per heavy atom. The van der Waals surface area contributed by atoms with E-state index >= 15 is 0 Å². The molecule has 2 aliphatic rings. The van der Waals surface area contributed by atoms with Gasteiger partial charge in [-0.05, 0) is 30.5 Å². The van der Waals surface area contributed by atoms with Crippen LogP contribution < -0.4 is 5.73 Å². The van der Waals surface area contributed by atoms with Gasteiger partial charge in [0.1, 0.15) is 12.4 Å². The number of Topliss-reactive ketones (excluding diaryl/α,β-unsaturated/α-hetero) is 1. The molecule has 7 nitrogen and oxygen atoms in total. The predicted octanol–water partition coefficient (Wildman–Crippen LogP) is -0.251. The number of carbonyl (C=O) groups is 3. The molecule has 122 valence electrons. The average Bonchev–Trinajstić information content (AvgIpc) is 3.04. The fourth-order valence-corrected chi connectivity index (χ4v) is 3.47. The van der Waals surface area contributed by atoms with E-state index in [1.165, 1.54) is 4.90 Å². The molecule has 1 aromatic rings. The zero-order chi connectivity index (χ0) is 16.6. The Bertz CT molecular complexity index is 674. The summed E-state index contributed by atoms with van der Waals surface area (Å²) in [4.78, 5) is 38.0. The van der Waals surface area contributed by atoms with Crippen molar-refractivity contribution in [3.63, 3.8) is 0 Å². The number of rotatable bonds is 4. The van der Waals surface area contributed by atoms with Crippen LogP contribution in [0.1, 0.15) is 18.4 Å². The highest BCUT2D eigenvalue weighted by atomic mass is 16.5. The minimum atomic E-state index is -1.64. The van der Waals surface area contributed by atoms with Gasteiger partial charge in [0.15, 0.2) is 5.78 Å². The molecular formula is C16H18N2O5. The summed E-state index contributed by atoms with van der Waals surface area (Å²) in [6.45, 7) is 0.0855. The number of aromatic hydroxyl groups is 1. The van der Waals surface area contributed by atoms with Crippen molar-refractivity contribution < 1.29 is 24.2 Å². The molecule has 23 heavy (non-hydrogen) atoms. The molecule has 0 spiro atoms. The lowest BCUT2D eigenvalue weighted by atomic mass is 9.89. The number of nitrogens with zero attached hydrogens (tertiary/aromatic N) is 1. The lowest BCUT2D eigenvalue weighted by Gasteiger charge is -2.32. The maximum Gasteiger partial charge on any atom is 0.254 e. The molecule has 7 heteroatoms. The summed E-state index contributed by atoms with van der Waals surface area (Å²) in [5.74, 6) is -1.45. The maximum absolute atomic E-state index is 12.5. The Morgan fingerprint density at radius 2 is 2.22 bits per heavy atom.